The van der Waals surface area contributed by atoms with Crippen molar-refractivity contribution < 1.29 is 4.79 Å². The Morgan fingerprint density at radius 1 is 0.800 bits per heavy atom. The lowest BCUT2D eigenvalue weighted by atomic mass is 10.1. The summed E-state index contributed by atoms with van der Waals surface area (Å²) in [6.07, 6.45) is 0. The van der Waals surface area contributed by atoms with Gasteiger partial charge in [0.25, 0.3) is 0 Å². The Bertz CT molecular complexity index is 434. The van der Waals surface area contributed by atoms with E-state index >= 15 is 0 Å². The quantitative estimate of drug-likeness (QED) is 0.567. The molecule has 1 unspecified atom stereocenters. The van der Waals surface area contributed by atoms with Crippen molar-refractivity contribution in [2.75, 3.05) is 0 Å². The normalized spacial score (nSPS) is 10.7. The van der Waals surface area contributed by atoms with Gasteiger partial charge in [-0.2, -0.15) is 0 Å². The maximum Gasteiger partial charge on any atom is 0.143 e. The summed E-state index contributed by atoms with van der Waals surface area (Å²) in [7, 11) is 0.261. The molecule has 0 aliphatic heterocycles. The van der Waals surface area contributed by atoms with Crippen LogP contribution in [0.2, 0.25) is 0 Å². The van der Waals surface area contributed by atoms with Crippen LogP contribution in [0.5, 0.6) is 0 Å². The van der Waals surface area contributed by atoms with Crippen LogP contribution in [0.15, 0.2) is 54.6 Å². The summed E-state index contributed by atoms with van der Waals surface area (Å²) in [5.41, 5.74) is 2.40. The molecule has 1 nitrogen and oxygen atoms in total. The lowest BCUT2D eigenvalue weighted by molar-refractivity contribution is 0.569. The van der Waals surface area contributed by atoms with Crippen molar-refractivity contribution in [2.45, 2.75) is 0 Å². The van der Waals surface area contributed by atoms with Crippen LogP contribution in [-0.4, -0.2) is 6.03 Å². The Labute approximate surface area is 90.9 Å². The monoisotopic (exact) mass is 214 g/mol. The van der Waals surface area contributed by atoms with E-state index in [1.807, 2.05) is 30.3 Å². The standard InChI is InChI=1S/C13H11OP/c14-10-15-13-8-6-12(7-9-13)11-4-2-1-3-5-11/h1-10,15H. The molecule has 0 radical (unpaired) electrons. The van der Waals surface area contributed by atoms with E-state index in [4.69, 9.17) is 0 Å². The van der Waals surface area contributed by atoms with Crippen LogP contribution in [0, 0.1) is 0 Å². The molecule has 0 saturated carbocycles. The third-order valence-electron chi connectivity index (χ3n) is 2.22. The van der Waals surface area contributed by atoms with E-state index in [0.717, 1.165) is 11.3 Å². The topological polar surface area (TPSA) is 17.1 Å². The number of carbonyl (C=O) groups is 1. The summed E-state index contributed by atoms with van der Waals surface area (Å²) in [5, 5.41) is 1.09. The SMILES string of the molecule is O=CPc1ccc(-c2ccccc2)cc1. The van der Waals surface area contributed by atoms with Crippen molar-refractivity contribution in [2.24, 2.45) is 0 Å². The van der Waals surface area contributed by atoms with Gasteiger partial charge in [-0.05, 0) is 25.0 Å². The highest BCUT2D eigenvalue weighted by Gasteiger charge is 1.96. The van der Waals surface area contributed by atoms with E-state index in [9.17, 15) is 4.79 Å². The molecular formula is C13H11OP. The molecule has 0 aliphatic carbocycles. The van der Waals surface area contributed by atoms with Crippen molar-refractivity contribution in [1.29, 1.82) is 0 Å². The zero-order valence-electron chi connectivity index (χ0n) is 8.18. The van der Waals surface area contributed by atoms with E-state index in [1.165, 1.54) is 11.1 Å². The minimum Gasteiger partial charge on any atom is -0.298 e. The Morgan fingerprint density at radius 3 is 2.00 bits per heavy atom. The third kappa shape index (κ3) is 2.51. The second-order valence-electron chi connectivity index (χ2n) is 3.21. The van der Waals surface area contributed by atoms with Crippen molar-refractivity contribution in [3.63, 3.8) is 0 Å². The molecule has 0 saturated heterocycles. The lowest BCUT2D eigenvalue weighted by Crippen LogP contribution is -1.92. The van der Waals surface area contributed by atoms with E-state index in [1.54, 1.807) is 0 Å². The van der Waals surface area contributed by atoms with Gasteiger partial charge >= 0.3 is 0 Å². The summed E-state index contributed by atoms with van der Waals surface area (Å²) in [6.45, 7) is 0. The number of rotatable bonds is 3. The van der Waals surface area contributed by atoms with Crippen molar-refractivity contribution in [3.8, 4) is 11.1 Å². The number of hydrogen-bond donors (Lipinski definition) is 0. The molecule has 0 fully saturated rings. The largest absolute Gasteiger partial charge is 0.298 e. The highest BCUT2D eigenvalue weighted by Crippen LogP contribution is 2.18. The minimum absolute atomic E-state index is 0.261. The molecular weight excluding hydrogens is 203 g/mol. The molecule has 15 heavy (non-hydrogen) atoms. The first-order valence-electron chi connectivity index (χ1n) is 4.76. The second kappa shape index (κ2) is 4.86. The Kier molecular flexibility index (Phi) is 3.26. The molecule has 0 N–H and O–H groups in total. The molecule has 2 rings (SSSR count). The van der Waals surface area contributed by atoms with Gasteiger partial charge in [0.2, 0.25) is 0 Å². The molecule has 0 aromatic heterocycles. The molecule has 74 valence electrons. The fourth-order valence-electron chi connectivity index (χ4n) is 1.46. The van der Waals surface area contributed by atoms with Gasteiger partial charge in [-0.1, -0.05) is 54.6 Å². The first kappa shape index (κ1) is 10.1. The van der Waals surface area contributed by atoms with Gasteiger partial charge in [0.05, 0.1) is 0 Å². The van der Waals surface area contributed by atoms with Crippen LogP contribution in [0.25, 0.3) is 11.1 Å². The molecule has 0 amide bonds. The molecule has 0 spiro atoms. The second-order valence-corrected chi connectivity index (χ2v) is 4.31. The molecule has 0 heterocycles. The van der Waals surface area contributed by atoms with Crippen LogP contribution in [0.3, 0.4) is 0 Å². The number of benzene rings is 2. The van der Waals surface area contributed by atoms with Crippen LogP contribution in [0.1, 0.15) is 0 Å². The fourth-order valence-corrected chi connectivity index (χ4v) is 1.95. The van der Waals surface area contributed by atoms with Crippen LogP contribution >= 0.6 is 8.58 Å². The third-order valence-corrected chi connectivity index (χ3v) is 3.00. The van der Waals surface area contributed by atoms with Gasteiger partial charge in [-0.15, -0.1) is 0 Å². The fraction of sp³-hybridized carbons (Fsp3) is 0. The number of carbonyl (C=O) groups excluding carboxylic acids is 1. The molecule has 2 aromatic carbocycles. The van der Waals surface area contributed by atoms with Gasteiger partial charge in [-0.25, -0.2) is 0 Å². The Balaban J connectivity index is 2.28. The molecule has 2 aromatic rings. The van der Waals surface area contributed by atoms with Gasteiger partial charge in [0, 0.05) is 0 Å². The molecule has 2 heteroatoms. The van der Waals surface area contributed by atoms with E-state index in [-0.39, 0.29) is 8.58 Å². The smallest absolute Gasteiger partial charge is 0.143 e. The zero-order chi connectivity index (χ0) is 10.5. The Hall–Kier alpha value is -1.46. The van der Waals surface area contributed by atoms with Crippen molar-refractivity contribution in [3.05, 3.63) is 54.6 Å². The van der Waals surface area contributed by atoms with Gasteiger partial charge < -0.3 is 0 Å². The molecule has 1 atom stereocenters. The zero-order valence-corrected chi connectivity index (χ0v) is 9.18. The van der Waals surface area contributed by atoms with E-state index < -0.39 is 0 Å². The predicted molar refractivity (Wildman–Crippen MR) is 66.6 cm³/mol. The average molecular weight is 214 g/mol. The highest BCUT2D eigenvalue weighted by atomic mass is 31.1. The number of hydrogen-bond acceptors (Lipinski definition) is 1. The Morgan fingerprint density at radius 2 is 1.40 bits per heavy atom. The maximum atomic E-state index is 10.3. The summed E-state index contributed by atoms with van der Waals surface area (Å²) in [6, 6.07) is 19.3. The van der Waals surface area contributed by atoms with Crippen LogP contribution < -0.4 is 5.30 Å². The van der Waals surface area contributed by atoms with Gasteiger partial charge in [-0.3, -0.25) is 4.79 Å². The summed E-state index contributed by atoms with van der Waals surface area (Å²) in [5.74, 6) is 0. The van der Waals surface area contributed by atoms with Crippen LogP contribution in [-0.2, 0) is 4.79 Å². The molecule has 0 bridgehead atoms. The predicted octanol–water partition coefficient (Wildman–Crippen LogP) is 2.85. The summed E-state index contributed by atoms with van der Waals surface area (Å²) in [4.78, 5) is 10.3. The summed E-state index contributed by atoms with van der Waals surface area (Å²) >= 11 is 0. The van der Waals surface area contributed by atoms with Gasteiger partial charge in [0.1, 0.15) is 6.03 Å². The average Bonchev–Trinajstić information content (AvgIpc) is 2.32. The molecule has 0 aliphatic rings. The summed E-state index contributed by atoms with van der Waals surface area (Å²) < 4.78 is 0. The van der Waals surface area contributed by atoms with E-state index in [2.05, 4.69) is 24.3 Å². The van der Waals surface area contributed by atoms with Crippen molar-refractivity contribution >= 4 is 19.9 Å². The first-order valence-corrected chi connectivity index (χ1v) is 5.83. The van der Waals surface area contributed by atoms with Crippen LogP contribution in [0.4, 0.5) is 0 Å². The van der Waals surface area contributed by atoms with E-state index in [0.29, 0.717) is 0 Å². The first-order chi connectivity index (χ1) is 7.40. The maximum absolute atomic E-state index is 10.3. The van der Waals surface area contributed by atoms with Crippen molar-refractivity contribution in [1.82, 2.24) is 0 Å². The minimum atomic E-state index is 0.261. The highest BCUT2D eigenvalue weighted by molar-refractivity contribution is 7.62. The lowest BCUT2D eigenvalue weighted by Gasteiger charge is -2.01. The van der Waals surface area contributed by atoms with Gasteiger partial charge in [0.15, 0.2) is 0 Å².